The van der Waals surface area contributed by atoms with Crippen molar-refractivity contribution in [2.45, 2.75) is 32.7 Å². The summed E-state index contributed by atoms with van der Waals surface area (Å²) >= 11 is 0. The van der Waals surface area contributed by atoms with E-state index in [0.29, 0.717) is 24.0 Å². The van der Waals surface area contributed by atoms with Gasteiger partial charge in [-0.3, -0.25) is 9.69 Å². The molecule has 1 amide bonds. The molecule has 23 heavy (non-hydrogen) atoms. The van der Waals surface area contributed by atoms with Crippen LogP contribution in [0.2, 0.25) is 0 Å². The molecule has 0 saturated carbocycles. The van der Waals surface area contributed by atoms with Gasteiger partial charge < -0.3 is 20.2 Å². The van der Waals surface area contributed by atoms with Crippen LogP contribution in [-0.2, 0) is 4.74 Å². The highest BCUT2D eigenvalue weighted by Gasteiger charge is 2.18. The zero-order valence-corrected chi connectivity index (χ0v) is 14.1. The van der Waals surface area contributed by atoms with E-state index in [2.05, 4.69) is 29.0 Å². The average Bonchev–Trinajstić information content (AvgIpc) is 3.02. The van der Waals surface area contributed by atoms with E-state index in [4.69, 9.17) is 14.9 Å². The Kier molecular flexibility index (Phi) is 7.01. The van der Waals surface area contributed by atoms with Crippen molar-refractivity contribution >= 4 is 5.91 Å². The summed E-state index contributed by atoms with van der Waals surface area (Å²) in [5, 5.41) is 2.87. The smallest absolute Gasteiger partial charge is 0.273 e. The molecule has 0 radical (unpaired) electrons. The molecule has 1 aromatic rings. The van der Waals surface area contributed by atoms with Gasteiger partial charge in [0.05, 0.1) is 19.3 Å². The van der Waals surface area contributed by atoms with Crippen molar-refractivity contribution in [3.63, 3.8) is 0 Å². The number of carbonyl (C=O) groups excluding carboxylic acids is 1. The highest BCUT2D eigenvalue weighted by atomic mass is 16.5. The molecule has 1 unspecified atom stereocenters. The number of morpholine rings is 1. The third-order valence-electron chi connectivity index (χ3n) is 3.84. The monoisotopic (exact) mass is 324 g/mol. The fourth-order valence-electron chi connectivity index (χ4n) is 2.59. The maximum Gasteiger partial charge on any atom is 0.273 e. The molecule has 0 bridgehead atoms. The molecule has 0 aliphatic carbocycles. The van der Waals surface area contributed by atoms with E-state index in [1.54, 1.807) is 0 Å². The number of aromatic nitrogens is 1. The average molecular weight is 324 g/mol. The Balaban J connectivity index is 1.70. The lowest BCUT2D eigenvalue weighted by molar-refractivity contribution is 0.0374. The van der Waals surface area contributed by atoms with Gasteiger partial charge in [-0.05, 0) is 25.3 Å². The molecule has 3 N–H and O–H groups in total. The Labute approximate surface area is 137 Å². The first-order valence-electron chi connectivity index (χ1n) is 8.35. The lowest BCUT2D eigenvalue weighted by Crippen LogP contribution is -2.38. The number of oxazole rings is 1. The number of amides is 1. The maximum atomic E-state index is 12.0. The second kappa shape index (κ2) is 9.00. The zero-order valence-electron chi connectivity index (χ0n) is 14.1. The van der Waals surface area contributed by atoms with Gasteiger partial charge in [0.1, 0.15) is 6.26 Å². The van der Waals surface area contributed by atoms with Gasteiger partial charge in [-0.1, -0.05) is 13.8 Å². The highest BCUT2D eigenvalue weighted by Crippen LogP contribution is 2.18. The van der Waals surface area contributed by atoms with Crippen LogP contribution in [0.3, 0.4) is 0 Å². The number of hydrogen-bond acceptors (Lipinski definition) is 6. The molecule has 1 aromatic heterocycles. The van der Waals surface area contributed by atoms with E-state index in [0.717, 1.165) is 45.7 Å². The molecule has 1 saturated heterocycles. The first-order chi connectivity index (χ1) is 11.1. The molecule has 1 aliphatic heterocycles. The van der Waals surface area contributed by atoms with Crippen molar-refractivity contribution in [1.29, 1.82) is 0 Å². The summed E-state index contributed by atoms with van der Waals surface area (Å²) in [6, 6.07) is -0.266. The van der Waals surface area contributed by atoms with Gasteiger partial charge in [0, 0.05) is 19.6 Å². The van der Waals surface area contributed by atoms with Crippen LogP contribution in [0.4, 0.5) is 0 Å². The fourth-order valence-corrected chi connectivity index (χ4v) is 2.59. The predicted octanol–water partition coefficient (Wildman–Crippen LogP) is 1.17. The summed E-state index contributed by atoms with van der Waals surface area (Å²) in [5.74, 6) is 0.672. The number of hydrogen-bond donors (Lipinski definition) is 2. The summed E-state index contributed by atoms with van der Waals surface area (Å²) in [5.41, 5.74) is 6.31. The number of rotatable bonds is 8. The zero-order chi connectivity index (χ0) is 16.7. The largest absolute Gasteiger partial charge is 0.446 e. The van der Waals surface area contributed by atoms with Crippen LogP contribution < -0.4 is 11.1 Å². The molecular weight excluding hydrogens is 296 g/mol. The molecule has 1 atom stereocenters. The SMILES string of the molecule is CC(C)CC(N)c1nc(C(=O)NCCCN2CCOCC2)co1. The minimum absolute atomic E-state index is 0.210. The Morgan fingerprint density at radius 3 is 2.87 bits per heavy atom. The van der Waals surface area contributed by atoms with Crippen molar-refractivity contribution < 1.29 is 13.9 Å². The molecule has 0 spiro atoms. The van der Waals surface area contributed by atoms with Gasteiger partial charge in [0.15, 0.2) is 5.69 Å². The van der Waals surface area contributed by atoms with Crippen LogP contribution in [0.1, 0.15) is 49.1 Å². The van der Waals surface area contributed by atoms with Crippen LogP contribution in [-0.4, -0.2) is 55.2 Å². The van der Waals surface area contributed by atoms with Crippen LogP contribution in [0.15, 0.2) is 10.7 Å². The van der Waals surface area contributed by atoms with Crippen molar-refractivity contribution in [2.24, 2.45) is 11.7 Å². The van der Waals surface area contributed by atoms with Gasteiger partial charge in [0.25, 0.3) is 5.91 Å². The van der Waals surface area contributed by atoms with Gasteiger partial charge in [-0.15, -0.1) is 0 Å². The summed E-state index contributed by atoms with van der Waals surface area (Å²) in [6.45, 7) is 9.29. The number of nitrogens with one attached hydrogen (secondary N) is 1. The molecule has 1 aliphatic rings. The third-order valence-corrected chi connectivity index (χ3v) is 3.84. The lowest BCUT2D eigenvalue weighted by Gasteiger charge is -2.26. The molecular formula is C16H28N4O3. The van der Waals surface area contributed by atoms with Crippen LogP contribution in [0.25, 0.3) is 0 Å². The second-order valence-electron chi connectivity index (χ2n) is 6.37. The van der Waals surface area contributed by atoms with Crippen molar-refractivity contribution in [2.75, 3.05) is 39.4 Å². The first-order valence-corrected chi connectivity index (χ1v) is 8.35. The number of nitrogens with two attached hydrogens (primary N) is 1. The molecule has 7 nitrogen and oxygen atoms in total. The molecule has 130 valence electrons. The Morgan fingerprint density at radius 1 is 1.43 bits per heavy atom. The third kappa shape index (κ3) is 5.93. The van der Waals surface area contributed by atoms with Gasteiger partial charge in [-0.2, -0.15) is 0 Å². The minimum atomic E-state index is -0.266. The number of carbonyl (C=O) groups is 1. The molecule has 2 rings (SSSR count). The van der Waals surface area contributed by atoms with Crippen LogP contribution >= 0.6 is 0 Å². The molecule has 7 heteroatoms. The topological polar surface area (TPSA) is 93.6 Å². The van der Waals surface area contributed by atoms with Crippen LogP contribution in [0, 0.1) is 5.92 Å². The fraction of sp³-hybridized carbons (Fsp3) is 0.750. The van der Waals surface area contributed by atoms with E-state index >= 15 is 0 Å². The minimum Gasteiger partial charge on any atom is -0.446 e. The summed E-state index contributed by atoms with van der Waals surface area (Å²) < 4.78 is 10.6. The van der Waals surface area contributed by atoms with E-state index in [-0.39, 0.29) is 11.9 Å². The highest BCUT2D eigenvalue weighted by molar-refractivity contribution is 5.91. The summed E-state index contributed by atoms with van der Waals surface area (Å²) in [6.07, 6.45) is 3.07. The van der Waals surface area contributed by atoms with Gasteiger partial charge >= 0.3 is 0 Å². The normalized spacial score (nSPS) is 17.4. The number of ether oxygens (including phenoxy) is 1. The van der Waals surface area contributed by atoms with Gasteiger partial charge in [0.2, 0.25) is 5.89 Å². The van der Waals surface area contributed by atoms with Gasteiger partial charge in [-0.25, -0.2) is 4.98 Å². The van der Waals surface area contributed by atoms with Crippen molar-refractivity contribution in [3.8, 4) is 0 Å². The predicted molar refractivity (Wildman–Crippen MR) is 87.1 cm³/mol. The second-order valence-corrected chi connectivity index (χ2v) is 6.37. The van der Waals surface area contributed by atoms with Crippen molar-refractivity contribution in [1.82, 2.24) is 15.2 Å². The Hall–Kier alpha value is -1.44. The Morgan fingerprint density at radius 2 is 2.17 bits per heavy atom. The van der Waals surface area contributed by atoms with E-state index in [1.165, 1.54) is 6.26 Å². The maximum absolute atomic E-state index is 12.0. The molecule has 1 fully saturated rings. The molecule has 2 heterocycles. The standard InChI is InChI=1S/C16H28N4O3/c1-12(2)10-13(17)16-19-14(11-23-16)15(21)18-4-3-5-20-6-8-22-9-7-20/h11-13H,3-10,17H2,1-2H3,(H,18,21). The van der Waals surface area contributed by atoms with E-state index in [9.17, 15) is 4.79 Å². The summed E-state index contributed by atoms with van der Waals surface area (Å²) in [4.78, 5) is 18.6. The van der Waals surface area contributed by atoms with E-state index < -0.39 is 0 Å². The van der Waals surface area contributed by atoms with Crippen LogP contribution in [0.5, 0.6) is 0 Å². The lowest BCUT2D eigenvalue weighted by atomic mass is 10.0. The quantitative estimate of drug-likeness (QED) is 0.697. The van der Waals surface area contributed by atoms with Crippen molar-refractivity contribution in [3.05, 3.63) is 17.8 Å². The number of nitrogens with zero attached hydrogens (tertiary/aromatic N) is 2. The molecule has 0 aromatic carbocycles. The first kappa shape index (κ1) is 17.9. The Bertz CT molecular complexity index is 483. The van der Waals surface area contributed by atoms with E-state index in [1.807, 2.05) is 0 Å². The summed E-state index contributed by atoms with van der Waals surface area (Å²) in [7, 11) is 0.